The molecule has 2 aromatic rings. The van der Waals surface area contributed by atoms with E-state index >= 15 is 0 Å². The van der Waals surface area contributed by atoms with Crippen molar-refractivity contribution in [2.24, 2.45) is 0 Å². The first kappa shape index (κ1) is 17.3. The maximum Gasteiger partial charge on any atom is 0.265 e. The number of hydrogen-bond donors (Lipinski definition) is 2. The van der Waals surface area contributed by atoms with Gasteiger partial charge in [-0.15, -0.1) is 0 Å². The van der Waals surface area contributed by atoms with Crippen LogP contribution in [0.3, 0.4) is 0 Å². The Kier molecular flexibility index (Phi) is 5.23. The quantitative estimate of drug-likeness (QED) is 0.800. The largest absolute Gasteiger partial charge is 0.508 e. The van der Waals surface area contributed by atoms with Crippen molar-refractivity contribution >= 4 is 33.4 Å². The van der Waals surface area contributed by atoms with Gasteiger partial charge < -0.3 is 15.2 Å². The van der Waals surface area contributed by atoms with Gasteiger partial charge in [0.1, 0.15) is 18.0 Å². The Morgan fingerprint density at radius 1 is 1.28 bits per heavy atom. The van der Waals surface area contributed by atoms with Gasteiger partial charge >= 0.3 is 0 Å². The molecule has 25 heavy (non-hydrogen) atoms. The van der Waals surface area contributed by atoms with Crippen LogP contribution in [0.5, 0.6) is 11.5 Å². The minimum Gasteiger partial charge on any atom is -0.508 e. The summed E-state index contributed by atoms with van der Waals surface area (Å²) < 4.78 is 6.25. The molecule has 0 saturated carbocycles. The second-order valence-electron chi connectivity index (χ2n) is 5.65. The average molecular weight is 405 g/mol. The van der Waals surface area contributed by atoms with E-state index in [2.05, 4.69) is 21.2 Å². The number of benzene rings is 2. The van der Waals surface area contributed by atoms with Crippen LogP contribution in [0.25, 0.3) is 0 Å². The summed E-state index contributed by atoms with van der Waals surface area (Å²) in [5.41, 5.74) is 1.51. The molecule has 3 rings (SSSR count). The molecule has 7 heteroatoms. The number of ether oxygens (including phenoxy) is 1. The van der Waals surface area contributed by atoms with E-state index in [4.69, 9.17) is 4.74 Å². The van der Waals surface area contributed by atoms with Crippen LogP contribution in [-0.2, 0) is 16.0 Å². The first-order valence-electron chi connectivity index (χ1n) is 7.80. The van der Waals surface area contributed by atoms with Crippen molar-refractivity contribution < 1.29 is 19.4 Å². The second-order valence-corrected chi connectivity index (χ2v) is 6.57. The molecule has 1 heterocycles. The number of nitrogens with one attached hydrogen (secondary N) is 1. The molecule has 0 spiro atoms. The molecular weight excluding hydrogens is 388 g/mol. The number of rotatable bonds is 5. The fourth-order valence-electron chi connectivity index (χ4n) is 2.61. The van der Waals surface area contributed by atoms with Crippen LogP contribution in [0.1, 0.15) is 5.56 Å². The third kappa shape index (κ3) is 4.30. The standard InChI is InChI=1S/C18H17BrN2O4/c19-13-4-5-15-16(9-13)25-11-18(24)21(15)10-17(23)20-7-6-12-2-1-3-14(22)8-12/h1-5,8-9,22H,6-7,10-11H2,(H,20,23). The Bertz CT molecular complexity index is 809. The van der Waals surface area contributed by atoms with Gasteiger partial charge in [0.15, 0.2) is 6.61 Å². The number of carbonyl (C=O) groups is 2. The van der Waals surface area contributed by atoms with E-state index in [1.807, 2.05) is 6.07 Å². The lowest BCUT2D eigenvalue weighted by atomic mass is 10.1. The SMILES string of the molecule is O=C(CN1C(=O)COc2cc(Br)ccc21)NCCc1cccc(O)c1. The molecule has 0 aliphatic carbocycles. The lowest BCUT2D eigenvalue weighted by Crippen LogP contribution is -2.45. The van der Waals surface area contributed by atoms with Crippen LogP contribution in [0.2, 0.25) is 0 Å². The van der Waals surface area contributed by atoms with Crippen LogP contribution in [0.15, 0.2) is 46.9 Å². The van der Waals surface area contributed by atoms with Crippen LogP contribution < -0.4 is 15.0 Å². The molecule has 2 N–H and O–H groups in total. The number of anilines is 1. The van der Waals surface area contributed by atoms with Crippen LogP contribution in [0.4, 0.5) is 5.69 Å². The highest BCUT2D eigenvalue weighted by Gasteiger charge is 2.27. The zero-order chi connectivity index (χ0) is 17.8. The lowest BCUT2D eigenvalue weighted by Gasteiger charge is -2.29. The summed E-state index contributed by atoms with van der Waals surface area (Å²) >= 11 is 3.36. The van der Waals surface area contributed by atoms with Crippen molar-refractivity contribution in [1.82, 2.24) is 5.32 Å². The zero-order valence-electron chi connectivity index (χ0n) is 13.4. The van der Waals surface area contributed by atoms with E-state index in [-0.39, 0.29) is 30.7 Å². The number of phenolic OH excluding ortho intramolecular Hbond substituents is 1. The summed E-state index contributed by atoms with van der Waals surface area (Å²) in [6, 6.07) is 12.2. The number of aromatic hydroxyl groups is 1. The van der Waals surface area contributed by atoms with Gasteiger partial charge in [-0.25, -0.2) is 0 Å². The normalized spacial score (nSPS) is 13.2. The summed E-state index contributed by atoms with van der Waals surface area (Å²) in [4.78, 5) is 25.7. The monoisotopic (exact) mass is 404 g/mol. The van der Waals surface area contributed by atoms with Crippen molar-refractivity contribution in [1.29, 1.82) is 0 Å². The highest BCUT2D eigenvalue weighted by atomic mass is 79.9. The first-order chi connectivity index (χ1) is 12.0. The lowest BCUT2D eigenvalue weighted by molar-refractivity contribution is -0.125. The maximum absolute atomic E-state index is 12.2. The number of phenols is 1. The maximum atomic E-state index is 12.2. The highest BCUT2D eigenvalue weighted by molar-refractivity contribution is 9.10. The Labute approximate surface area is 153 Å². The van der Waals surface area contributed by atoms with Gasteiger partial charge in [-0.1, -0.05) is 28.1 Å². The molecule has 1 aliphatic rings. The topological polar surface area (TPSA) is 78.9 Å². The first-order valence-corrected chi connectivity index (χ1v) is 8.59. The second kappa shape index (κ2) is 7.57. The molecule has 0 atom stereocenters. The third-order valence-corrected chi connectivity index (χ3v) is 4.31. The number of hydrogen-bond acceptors (Lipinski definition) is 4. The van der Waals surface area contributed by atoms with Crippen LogP contribution >= 0.6 is 15.9 Å². The minimum atomic E-state index is -0.252. The van der Waals surface area contributed by atoms with Crippen LogP contribution in [-0.4, -0.2) is 36.6 Å². The zero-order valence-corrected chi connectivity index (χ0v) is 15.0. The highest BCUT2D eigenvalue weighted by Crippen LogP contribution is 2.34. The number of fused-ring (bicyclic) bond motifs is 1. The van der Waals surface area contributed by atoms with E-state index in [0.717, 1.165) is 10.0 Å². The van der Waals surface area contributed by atoms with E-state index < -0.39 is 0 Å². The van der Waals surface area contributed by atoms with Gasteiger partial charge in [0.05, 0.1) is 5.69 Å². The fourth-order valence-corrected chi connectivity index (χ4v) is 2.95. The van der Waals surface area contributed by atoms with Crippen LogP contribution in [0, 0.1) is 0 Å². The predicted molar refractivity (Wildman–Crippen MR) is 96.8 cm³/mol. The van der Waals surface area contributed by atoms with Gasteiger partial charge in [-0.3, -0.25) is 14.5 Å². The Morgan fingerprint density at radius 3 is 2.92 bits per heavy atom. The molecule has 0 aromatic heterocycles. The molecular formula is C18H17BrN2O4. The van der Waals surface area contributed by atoms with E-state index in [9.17, 15) is 14.7 Å². The summed E-state index contributed by atoms with van der Waals surface area (Å²) in [5.74, 6) is 0.272. The average Bonchev–Trinajstić information content (AvgIpc) is 2.57. The number of nitrogens with zero attached hydrogens (tertiary/aromatic N) is 1. The Morgan fingerprint density at radius 2 is 2.12 bits per heavy atom. The number of halogens is 1. The van der Waals surface area contributed by atoms with E-state index in [0.29, 0.717) is 24.4 Å². The Balaban J connectivity index is 1.58. The van der Waals surface area contributed by atoms with Gasteiger partial charge in [0.2, 0.25) is 5.91 Å². The number of carbonyl (C=O) groups excluding carboxylic acids is 2. The van der Waals surface area contributed by atoms with Gasteiger partial charge in [-0.2, -0.15) is 0 Å². The van der Waals surface area contributed by atoms with Gasteiger partial charge in [0.25, 0.3) is 5.91 Å². The molecule has 2 amide bonds. The van der Waals surface area contributed by atoms with E-state index in [1.165, 1.54) is 4.90 Å². The molecule has 0 unspecified atom stereocenters. The van der Waals surface area contributed by atoms with E-state index in [1.54, 1.807) is 36.4 Å². The molecule has 2 aromatic carbocycles. The molecule has 6 nitrogen and oxygen atoms in total. The summed E-state index contributed by atoms with van der Waals surface area (Å²) in [7, 11) is 0. The van der Waals surface area contributed by atoms with Crippen molar-refractivity contribution in [2.45, 2.75) is 6.42 Å². The minimum absolute atomic E-state index is 0.0587. The predicted octanol–water partition coefficient (Wildman–Crippen LogP) is 2.24. The fraction of sp³-hybridized carbons (Fsp3) is 0.222. The third-order valence-electron chi connectivity index (χ3n) is 3.81. The smallest absolute Gasteiger partial charge is 0.265 e. The van der Waals surface area contributed by atoms with Crippen molar-refractivity contribution in [2.75, 3.05) is 24.6 Å². The summed E-state index contributed by atoms with van der Waals surface area (Å²) in [5, 5.41) is 12.2. The molecule has 0 bridgehead atoms. The van der Waals surface area contributed by atoms with Gasteiger partial charge in [-0.05, 0) is 42.3 Å². The summed E-state index contributed by atoms with van der Waals surface area (Å²) in [6.45, 7) is 0.283. The van der Waals surface area contributed by atoms with Gasteiger partial charge in [0, 0.05) is 11.0 Å². The Hall–Kier alpha value is -2.54. The number of amides is 2. The molecule has 1 aliphatic heterocycles. The molecule has 0 saturated heterocycles. The molecule has 130 valence electrons. The van der Waals surface area contributed by atoms with Crippen molar-refractivity contribution in [3.8, 4) is 11.5 Å². The molecule has 0 fully saturated rings. The summed E-state index contributed by atoms with van der Waals surface area (Å²) in [6.07, 6.45) is 0.598. The van der Waals surface area contributed by atoms with Crippen molar-refractivity contribution in [3.63, 3.8) is 0 Å². The van der Waals surface area contributed by atoms with Crippen molar-refractivity contribution in [3.05, 3.63) is 52.5 Å². The molecule has 0 radical (unpaired) electrons.